The van der Waals surface area contributed by atoms with E-state index in [1.165, 1.54) is 5.56 Å². The van der Waals surface area contributed by atoms with Crippen molar-refractivity contribution in [2.24, 2.45) is 5.92 Å². The average Bonchev–Trinajstić information content (AvgIpc) is 2.46. The molecular formula is C15H14N4. The van der Waals surface area contributed by atoms with E-state index in [2.05, 4.69) is 46.3 Å². The lowest BCUT2D eigenvalue weighted by Gasteiger charge is -2.33. The van der Waals surface area contributed by atoms with Crippen LogP contribution in [-0.4, -0.2) is 16.7 Å². The summed E-state index contributed by atoms with van der Waals surface area (Å²) in [5, 5.41) is 17.3. The summed E-state index contributed by atoms with van der Waals surface area (Å²) in [4.78, 5) is 2.11. The summed E-state index contributed by atoms with van der Waals surface area (Å²) in [7, 11) is 0. The summed E-state index contributed by atoms with van der Waals surface area (Å²) in [6, 6.07) is 12.2. The molecule has 0 fully saturated rings. The number of aromatic nitrogens is 2. The Morgan fingerprint density at radius 2 is 2.16 bits per heavy atom. The molecule has 3 rings (SSSR count). The predicted octanol–water partition coefficient (Wildman–Crippen LogP) is 2.68. The molecule has 1 aliphatic rings. The maximum atomic E-state index is 9.22. The van der Waals surface area contributed by atoms with E-state index < -0.39 is 0 Å². The highest BCUT2D eigenvalue weighted by Crippen LogP contribution is 2.35. The molecule has 0 amide bonds. The normalized spacial score (nSPS) is 17.7. The van der Waals surface area contributed by atoms with Crippen molar-refractivity contribution >= 4 is 11.5 Å². The molecule has 1 atom stereocenters. The maximum Gasteiger partial charge on any atom is 0.173 e. The van der Waals surface area contributed by atoms with E-state index >= 15 is 0 Å². The minimum atomic E-state index is 0.531. The van der Waals surface area contributed by atoms with E-state index in [1.807, 2.05) is 6.07 Å². The van der Waals surface area contributed by atoms with Crippen LogP contribution in [0.15, 0.2) is 36.5 Å². The number of anilines is 2. The molecule has 1 aliphatic heterocycles. The van der Waals surface area contributed by atoms with Gasteiger partial charge in [-0.1, -0.05) is 25.1 Å². The summed E-state index contributed by atoms with van der Waals surface area (Å²) < 4.78 is 0. The van der Waals surface area contributed by atoms with Crippen LogP contribution in [0, 0.1) is 17.2 Å². The molecular weight excluding hydrogens is 236 g/mol. The number of nitrogens with zero attached hydrogens (tertiary/aromatic N) is 4. The van der Waals surface area contributed by atoms with Crippen molar-refractivity contribution in [2.75, 3.05) is 11.4 Å². The van der Waals surface area contributed by atoms with Gasteiger partial charge in [-0.3, -0.25) is 0 Å². The van der Waals surface area contributed by atoms with Crippen molar-refractivity contribution in [3.63, 3.8) is 0 Å². The molecule has 19 heavy (non-hydrogen) atoms. The fraction of sp³-hybridized carbons (Fsp3) is 0.267. The first-order chi connectivity index (χ1) is 9.29. The molecule has 2 aromatic rings. The summed E-state index contributed by atoms with van der Waals surface area (Å²) >= 11 is 0. The number of benzene rings is 1. The first kappa shape index (κ1) is 11.7. The van der Waals surface area contributed by atoms with Crippen LogP contribution in [0.1, 0.15) is 18.1 Å². The highest BCUT2D eigenvalue weighted by Gasteiger charge is 2.25. The molecule has 0 bridgehead atoms. The van der Waals surface area contributed by atoms with Crippen LogP contribution < -0.4 is 4.90 Å². The maximum absolute atomic E-state index is 9.22. The molecule has 0 N–H and O–H groups in total. The number of fused-ring (bicyclic) bond motifs is 1. The van der Waals surface area contributed by atoms with Gasteiger partial charge in [0.2, 0.25) is 0 Å². The van der Waals surface area contributed by atoms with E-state index in [-0.39, 0.29) is 0 Å². The van der Waals surface area contributed by atoms with E-state index in [9.17, 15) is 5.26 Å². The summed E-state index contributed by atoms with van der Waals surface area (Å²) in [6.07, 6.45) is 2.62. The second-order valence-corrected chi connectivity index (χ2v) is 4.93. The van der Waals surface area contributed by atoms with Gasteiger partial charge in [-0.25, -0.2) is 0 Å². The predicted molar refractivity (Wildman–Crippen MR) is 73.1 cm³/mol. The van der Waals surface area contributed by atoms with E-state index in [1.54, 1.807) is 12.3 Å². The fourth-order valence-electron chi connectivity index (χ4n) is 2.61. The standard InChI is InChI=1S/C15H14N4/c1-11-8-12-4-2-3-5-14(12)19(10-11)15-13(9-16)6-7-17-18-15/h2-7,11H,8,10H2,1H3. The highest BCUT2D eigenvalue weighted by molar-refractivity contribution is 5.69. The van der Waals surface area contributed by atoms with E-state index in [0.717, 1.165) is 18.7 Å². The smallest absolute Gasteiger partial charge is 0.173 e. The van der Waals surface area contributed by atoms with Crippen LogP contribution in [0.4, 0.5) is 11.5 Å². The molecule has 4 nitrogen and oxygen atoms in total. The minimum absolute atomic E-state index is 0.531. The number of rotatable bonds is 1. The second kappa shape index (κ2) is 4.69. The van der Waals surface area contributed by atoms with E-state index in [0.29, 0.717) is 17.3 Å². The lowest BCUT2D eigenvalue weighted by Crippen LogP contribution is -2.31. The molecule has 94 valence electrons. The van der Waals surface area contributed by atoms with Crippen LogP contribution in [-0.2, 0) is 6.42 Å². The van der Waals surface area contributed by atoms with Gasteiger partial charge in [-0.05, 0) is 30.0 Å². The monoisotopic (exact) mass is 250 g/mol. The van der Waals surface area contributed by atoms with Crippen molar-refractivity contribution in [3.05, 3.63) is 47.7 Å². The molecule has 0 radical (unpaired) electrons. The van der Waals surface area contributed by atoms with Crippen LogP contribution >= 0.6 is 0 Å². The zero-order valence-corrected chi connectivity index (χ0v) is 10.7. The van der Waals surface area contributed by atoms with Crippen LogP contribution in [0.3, 0.4) is 0 Å². The van der Waals surface area contributed by atoms with E-state index in [4.69, 9.17) is 0 Å². The summed E-state index contributed by atoms with van der Waals surface area (Å²) in [5.41, 5.74) is 3.01. The quantitative estimate of drug-likeness (QED) is 0.780. The SMILES string of the molecule is CC1Cc2ccccc2N(c2nnccc2C#N)C1. The minimum Gasteiger partial charge on any atom is -0.323 e. The van der Waals surface area contributed by atoms with Gasteiger partial charge in [0.05, 0.1) is 11.8 Å². The molecule has 0 saturated carbocycles. The summed E-state index contributed by atoms with van der Waals surface area (Å²) in [6.45, 7) is 3.08. The number of nitriles is 1. The first-order valence-corrected chi connectivity index (χ1v) is 6.37. The van der Waals surface area contributed by atoms with Crippen molar-refractivity contribution in [1.82, 2.24) is 10.2 Å². The van der Waals surface area contributed by atoms with Gasteiger partial charge in [0.25, 0.3) is 0 Å². The van der Waals surface area contributed by atoms with Crippen molar-refractivity contribution in [1.29, 1.82) is 5.26 Å². The largest absolute Gasteiger partial charge is 0.323 e. The van der Waals surface area contributed by atoms with Gasteiger partial charge >= 0.3 is 0 Å². The molecule has 2 heterocycles. The zero-order valence-electron chi connectivity index (χ0n) is 10.7. The Hall–Kier alpha value is -2.41. The number of hydrogen-bond acceptors (Lipinski definition) is 4. The van der Waals surface area contributed by atoms with Crippen molar-refractivity contribution in [2.45, 2.75) is 13.3 Å². The second-order valence-electron chi connectivity index (χ2n) is 4.93. The molecule has 4 heteroatoms. The van der Waals surface area contributed by atoms with Crippen LogP contribution in [0.2, 0.25) is 0 Å². The van der Waals surface area contributed by atoms with Crippen LogP contribution in [0.25, 0.3) is 0 Å². The third-order valence-electron chi connectivity index (χ3n) is 3.42. The topological polar surface area (TPSA) is 52.8 Å². The number of hydrogen-bond donors (Lipinski definition) is 0. The average molecular weight is 250 g/mol. The lowest BCUT2D eigenvalue weighted by atomic mass is 9.93. The Bertz CT molecular complexity index is 645. The van der Waals surface area contributed by atoms with Gasteiger partial charge < -0.3 is 4.90 Å². The molecule has 0 aliphatic carbocycles. The van der Waals surface area contributed by atoms with Crippen LogP contribution in [0.5, 0.6) is 0 Å². The Labute approximate surface area is 112 Å². The molecule has 1 aromatic carbocycles. The Kier molecular flexibility index (Phi) is 2.88. The van der Waals surface area contributed by atoms with Gasteiger partial charge in [0.15, 0.2) is 5.82 Å². The Morgan fingerprint density at radius 1 is 1.32 bits per heavy atom. The molecule has 0 saturated heterocycles. The number of para-hydroxylation sites is 1. The van der Waals surface area contributed by atoms with Gasteiger partial charge in [0.1, 0.15) is 6.07 Å². The van der Waals surface area contributed by atoms with Gasteiger partial charge in [0, 0.05) is 12.2 Å². The lowest BCUT2D eigenvalue weighted by molar-refractivity contribution is 0.558. The Balaban J connectivity index is 2.13. The molecule has 1 unspecified atom stereocenters. The molecule has 0 spiro atoms. The fourth-order valence-corrected chi connectivity index (χ4v) is 2.61. The van der Waals surface area contributed by atoms with Gasteiger partial charge in [-0.15, -0.1) is 5.10 Å². The zero-order chi connectivity index (χ0) is 13.2. The summed E-state index contributed by atoms with van der Waals surface area (Å²) in [5.74, 6) is 1.19. The first-order valence-electron chi connectivity index (χ1n) is 6.37. The van der Waals surface area contributed by atoms with Crippen molar-refractivity contribution in [3.8, 4) is 6.07 Å². The third kappa shape index (κ3) is 2.04. The van der Waals surface area contributed by atoms with Crippen molar-refractivity contribution < 1.29 is 0 Å². The Morgan fingerprint density at radius 3 is 3.00 bits per heavy atom. The van der Waals surface area contributed by atoms with Gasteiger partial charge in [-0.2, -0.15) is 10.4 Å². The third-order valence-corrected chi connectivity index (χ3v) is 3.42. The molecule has 1 aromatic heterocycles. The highest BCUT2D eigenvalue weighted by atomic mass is 15.3.